The van der Waals surface area contributed by atoms with Gasteiger partial charge in [0, 0.05) is 12.8 Å². The van der Waals surface area contributed by atoms with Gasteiger partial charge < -0.3 is 33.4 Å². The lowest BCUT2D eigenvalue weighted by atomic mass is 10.1. The molecular weight excluding hydrogens is 438 g/mol. The molecule has 4 rings (SSSR count). The average Bonchev–Trinajstić information content (AvgIpc) is 3.52. The number of oxime groups is 2. The Morgan fingerprint density at radius 1 is 0.636 bits per heavy atom. The van der Waals surface area contributed by atoms with Crippen LogP contribution in [0.5, 0.6) is 0 Å². The largest absolute Gasteiger partial charge is 0.460 e. The Kier molecular flexibility index (Phi) is 8.17. The summed E-state index contributed by atoms with van der Waals surface area (Å²) in [6.45, 7) is 2.16. The summed E-state index contributed by atoms with van der Waals surface area (Å²) in [6, 6.07) is 5.28. The van der Waals surface area contributed by atoms with Crippen molar-refractivity contribution in [2.45, 2.75) is 25.0 Å². The third-order valence-electron chi connectivity index (χ3n) is 4.89. The number of aromatic nitrogens is 1. The van der Waals surface area contributed by atoms with Crippen LogP contribution < -0.4 is 0 Å². The summed E-state index contributed by atoms with van der Waals surface area (Å²) < 4.78 is 26.5. The molecule has 0 amide bonds. The van der Waals surface area contributed by atoms with Crippen molar-refractivity contribution in [3.05, 3.63) is 29.6 Å². The predicted octanol–water partition coefficient (Wildman–Crippen LogP) is 0.217. The van der Waals surface area contributed by atoms with E-state index in [1.165, 1.54) is 0 Å². The molecule has 3 aliphatic rings. The normalized spacial score (nSPS) is 25.5. The molecule has 2 atom stereocenters. The highest BCUT2D eigenvalue weighted by molar-refractivity contribution is 6.05. The Labute approximate surface area is 189 Å². The zero-order valence-electron chi connectivity index (χ0n) is 18.0. The number of pyridine rings is 1. The van der Waals surface area contributed by atoms with Crippen molar-refractivity contribution >= 4 is 23.4 Å². The van der Waals surface area contributed by atoms with Crippen molar-refractivity contribution in [2.75, 3.05) is 52.9 Å². The summed E-state index contributed by atoms with van der Waals surface area (Å²) in [5.41, 5.74) is 2.09. The highest BCUT2D eigenvalue weighted by Crippen LogP contribution is 2.20. The molecule has 0 saturated heterocycles. The van der Waals surface area contributed by atoms with Gasteiger partial charge in [-0.2, -0.15) is 0 Å². The van der Waals surface area contributed by atoms with Crippen molar-refractivity contribution in [1.29, 1.82) is 0 Å². The molecule has 0 saturated carbocycles. The van der Waals surface area contributed by atoms with E-state index in [-0.39, 0.29) is 39.3 Å². The Hall–Kier alpha value is -3.09. The number of cyclic esters (lactones) is 2. The molecule has 0 fully saturated rings. The van der Waals surface area contributed by atoms with Crippen LogP contribution in [0.25, 0.3) is 0 Å². The summed E-state index contributed by atoms with van der Waals surface area (Å²) in [4.78, 5) is 39.5. The van der Waals surface area contributed by atoms with Crippen LogP contribution in [0.15, 0.2) is 28.5 Å². The summed E-state index contributed by atoms with van der Waals surface area (Å²) >= 11 is 0. The first-order chi connectivity index (χ1) is 16.2. The minimum atomic E-state index is -0.842. The minimum absolute atomic E-state index is 0.102. The van der Waals surface area contributed by atoms with E-state index < -0.39 is 24.1 Å². The maximum atomic E-state index is 12.2. The second kappa shape index (κ2) is 11.7. The Bertz CT molecular complexity index is 837. The van der Waals surface area contributed by atoms with Crippen molar-refractivity contribution < 1.29 is 42.9 Å². The zero-order valence-corrected chi connectivity index (χ0v) is 18.0. The SMILES string of the molecule is O=C1OCCOCCOCCOCCOC(=O)[C@H]2CC(=NO2)c2cccc(n2)C2=NO[C@H]1C2. The van der Waals surface area contributed by atoms with E-state index in [0.717, 1.165) is 0 Å². The van der Waals surface area contributed by atoms with Gasteiger partial charge in [-0.25, -0.2) is 14.6 Å². The van der Waals surface area contributed by atoms with Crippen molar-refractivity contribution in [3.63, 3.8) is 0 Å². The molecule has 33 heavy (non-hydrogen) atoms. The number of fused-ring (bicyclic) bond motifs is 8. The molecule has 0 aliphatic carbocycles. The molecule has 3 aliphatic heterocycles. The fourth-order valence-electron chi connectivity index (χ4n) is 3.20. The number of hydrogen-bond acceptors (Lipinski definition) is 12. The Balaban J connectivity index is 1.38. The molecule has 4 heterocycles. The number of ether oxygens (including phenoxy) is 5. The van der Waals surface area contributed by atoms with E-state index in [4.69, 9.17) is 33.4 Å². The number of hydrogen-bond donors (Lipinski definition) is 0. The van der Waals surface area contributed by atoms with Gasteiger partial charge in [-0.05, 0) is 12.1 Å². The molecule has 1 aromatic heterocycles. The lowest BCUT2D eigenvalue weighted by Crippen LogP contribution is -2.26. The van der Waals surface area contributed by atoms with Crippen molar-refractivity contribution in [3.8, 4) is 0 Å². The third kappa shape index (κ3) is 6.46. The number of carbonyl (C=O) groups is 2. The molecule has 12 nitrogen and oxygen atoms in total. The lowest BCUT2D eigenvalue weighted by Gasteiger charge is -2.10. The molecule has 6 bridgehead atoms. The molecule has 0 N–H and O–H groups in total. The zero-order chi connectivity index (χ0) is 22.9. The molecular formula is C21H25N3O9. The van der Waals surface area contributed by atoms with Gasteiger partial charge in [-0.3, -0.25) is 0 Å². The fourth-order valence-corrected chi connectivity index (χ4v) is 3.20. The number of rotatable bonds is 0. The van der Waals surface area contributed by atoms with Crippen LogP contribution in [0.1, 0.15) is 24.2 Å². The molecule has 0 aromatic carbocycles. The average molecular weight is 463 g/mol. The van der Waals surface area contributed by atoms with Gasteiger partial charge in [0.05, 0.1) is 51.0 Å². The Morgan fingerprint density at radius 2 is 1.06 bits per heavy atom. The molecule has 1 aromatic rings. The van der Waals surface area contributed by atoms with Gasteiger partial charge in [-0.1, -0.05) is 16.4 Å². The number of esters is 2. The van der Waals surface area contributed by atoms with Crippen LogP contribution in [0.4, 0.5) is 0 Å². The smallest absolute Gasteiger partial charge is 0.350 e. The second-order valence-corrected chi connectivity index (χ2v) is 7.25. The van der Waals surface area contributed by atoms with Gasteiger partial charge in [0.15, 0.2) is 0 Å². The molecule has 0 unspecified atom stereocenters. The van der Waals surface area contributed by atoms with Gasteiger partial charge >= 0.3 is 11.9 Å². The summed E-state index contributed by atoms with van der Waals surface area (Å²) in [5.74, 6) is -1.04. The van der Waals surface area contributed by atoms with E-state index in [1.54, 1.807) is 18.2 Å². The quantitative estimate of drug-likeness (QED) is 0.491. The van der Waals surface area contributed by atoms with E-state index >= 15 is 0 Å². The van der Waals surface area contributed by atoms with E-state index in [1.807, 2.05) is 0 Å². The van der Waals surface area contributed by atoms with Crippen LogP contribution in [0, 0.1) is 0 Å². The first-order valence-electron chi connectivity index (χ1n) is 10.7. The second-order valence-electron chi connectivity index (χ2n) is 7.25. The van der Waals surface area contributed by atoms with Gasteiger partial charge in [0.25, 0.3) is 0 Å². The minimum Gasteiger partial charge on any atom is -0.460 e. The highest BCUT2D eigenvalue weighted by Gasteiger charge is 2.33. The van der Waals surface area contributed by atoms with Gasteiger partial charge in [0.2, 0.25) is 12.2 Å². The maximum Gasteiger partial charge on any atom is 0.350 e. The predicted molar refractivity (Wildman–Crippen MR) is 111 cm³/mol. The van der Waals surface area contributed by atoms with E-state index in [0.29, 0.717) is 49.2 Å². The highest BCUT2D eigenvalue weighted by atomic mass is 16.7. The van der Waals surface area contributed by atoms with Gasteiger partial charge in [0.1, 0.15) is 24.6 Å². The van der Waals surface area contributed by atoms with E-state index in [2.05, 4.69) is 15.3 Å². The van der Waals surface area contributed by atoms with Crippen LogP contribution >= 0.6 is 0 Å². The summed E-state index contributed by atoms with van der Waals surface area (Å²) in [6.07, 6.45) is -1.23. The Morgan fingerprint density at radius 3 is 1.52 bits per heavy atom. The maximum absolute atomic E-state index is 12.2. The fraction of sp³-hybridized carbons (Fsp3) is 0.571. The summed E-state index contributed by atoms with van der Waals surface area (Å²) in [7, 11) is 0. The van der Waals surface area contributed by atoms with E-state index in [9.17, 15) is 9.59 Å². The van der Waals surface area contributed by atoms with Crippen molar-refractivity contribution in [2.24, 2.45) is 10.3 Å². The lowest BCUT2D eigenvalue weighted by molar-refractivity contribution is -0.157. The summed E-state index contributed by atoms with van der Waals surface area (Å²) in [5, 5.41) is 7.97. The van der Waals surface area contributed by atoms with Crippen LogP contribution in [-0.4, -0.2) is 93.4 Å². The molecule has 0 spiro atoms. The van der Waals surface area contributed by atoms with Crippen LogP contribution in [0.2, 0.25) is 0 Å². The molecule has 0 radical (unpaired) electrons. The first-order valence-corrected chi connectivity index (χ1v) is 10.7. The standard InChI is InChI=1S/C21H25N3O9/c25-20-18-12-16(23-32-18)14-2-1-3-15(22-14)17-13-19(33-24-17)21(26)31-11-9-29-7-5-27-4-6-28-8-10-30-20/h1-3,18-19H,4-13H2/t18-,19+. The number of nitrogens with zero attached hydrogens (tertiary/aromatic N) is 3. The number of carbonyl (C=O) groups excluding carboxylic acids is 2. The van der Waals surface area contributed by atoms with Crippen LogP contribution in [0.3, 0.4) is 0 Å². The monoisotopic (exact) mass is 463 g/mol. The van der Waals surface area contributed by atoms with Crippen molar-refractivity contribution in [1.82, 2.24) is 4.98 Å². The van der Waals surface area contributed by atoms with Gasteiger partial charge in [-0.15, -0.1) is 0 Å². The topological polar surface area (TPSA) is 136 Å². The van der Waals surface area contributed by atoms with Crippen LogP contribution in [-0.2, 0) is 42.9 Å². The third-order valence-corrected chi connectivity index (χ3v) is 4.89. The first kappa shape index (κ1) is 23.1. The molecule has 178 valence electrons. The molecule has 12 heteroatoms.